The van der Waals surface area contributed by atoms with Gasteiger partial charge >= 0.3 is 7.82 Å². The van der Waals surface area contributed by atoms with Crippen LogP contribution in [0.5, 0.6) is 0 Å². The summed E-state index contributed by atoms with van der Waals surface area (Å²) in [6, 6.07) is 9.11. The highest BCUT2D eigenvalue weighted by atomic mass is 31.2. The SMILES string of the molecule is C#C/C=C\C=C(/C)COP(=O)(O)OCc1ccccc1. The minimum Gasteiger partial charge on any atom is -0.302 e. The van der Waals surface area contributed by atoms with E-state index in [1.807, 2.05) is 18.2 Å². The average Bonchev–Trinajstić information content (AvgIpc) is 2.45. The van der Waals surface area contributed by atoms with E-state index in [9.17, 15) is 9.46 Å². The van der Waals surface area contributed by atoms with Crippen LogP contribution in [0.3, 0.4) is 0 Å². The third-order valence-corrected chi connectivity index (χ3v) is 3.18. The second kappa shape index (κ2) is 8.52. The molecule has 0 aliphatic rings. The van der Waals surface area contributed by atoms with E-state index in [0.29, 0.717) is 0 Å². The van der Waals surface area contributed by atoms with Crippen LogP contribution in [0.25, 0.3) is 0 Å². The highest BCUT2D eigenvalue weighted by Crippen LogP contribution is 2.44. The Labute approximate surface area is 119 Å². The zero-order valence-electron chi connectivity index (χ0n) is 11.2. The quantitative estimate of drug-likeness (QED) is 0.475. The van der Waals surface area contributed by atoms with Crippen molar-refractivity contribution in [2.75, 3.05) is 6.61 Å². The van der Waals surface area contributed by atoms with Crippen molar-refractivity contribution in [3.63, 3.8) is 0 Å². The molecule has 0 aliphatic heterocycles. The van der Waals surface area contributed by atoms with Crippen molar-refractivity contribution >= 4 is 7.82 Å². The fourth-order valence-corrected chi connectivity index (χ4v) is 2.02. The third-order valence-electron chi connectivity index (χ3n) is 2.27. The van der Waals surface area contributed by atoms with Crippen molar-refractivity contribution in [3.05, 3.63) is 59.7 Å². The van der Waals surface area contributed by atoms with E-state index in [1.165, 1.54) is 6.08 Å². The Kier molecular flexibility index (Phi) is 7.00. The first-order valence-electron chi connectivity index (χ1n) is 5.98. The summed E-state index contributed by atoms with van der Waals surface area (Å²) in [6.07, 6.45) is 9.94. The Hall–Kier alpha value is -1.63. The molecule has 0 saturated heterocycles. The molecule has 0 aliphatic carbocycles. The zero-order chi connectivity index (χ0) is 14.8. The Morgan fingerprint density at radius 1 is 1.40 bits per heavy atom. The summed E-state index contributed by atoms with van der Waals surface area (Å²) in [5.74, 6) is 2.34. The summed E-state index contributed by atoms with van der Waals surface area (Å²) >= 11 is 0. The predicted molar refractivity (Wildman–Crippen MR) is 78.7 cm³/mol. The van der Waals surface area contributed by atoms with Crippen molar-refractivity contribution in [2.24, 2.45) is 0 Å². The highest BCUT2D eigenvalue weighted by molar-refractivity contribution is 7.47. The fourth-order valence-electron chi connectivity index (χ4n) is 1.27. The topological polar surface area (TPSA) is 55.8 Å². The molecule has 1 rings (SSSR count). The van der Waals surface area contributed by atoms with Crippen LogP contribution >= 0.6 is 7.82 Å². The predicted octanol–water partition coefficient (Wildman–Crippen LogP) is 3.46. The fraction of sp³-hybridized carbons (Fsp3) is 0.200. The van der Waals surface area contributed by atoms with E-state index in [-0.39, 0.29) is 13.2 Å². The molecular formula is C15H17O4P. The van der Waals surface area contributed by atoms with E-state index in [0.717, 1.165) is 11.1 Å². The van der Waals surface area contributed by atoms with Crippen molar-refractivity contribution in [1.82, 2.24) is 0 Å². The first kappa shape index (κ1) is 16.4. The molecule has 106 valence electrons. The lowest BCUT2D eigenvalue weighted by atomic mass is 10.2. The molecule has 1 unspecified atom stereocenters. The van der Waals surface area contributed by atoms with Crippen molar-refractivity contribution in [3.8, 4) is 12.3 Å². The van der Waals surface area contributed by atoms with Gasteiger partial charge in [0.05, 0.1) is 13.2 Å². The summed E-state index contributed by atoms with van der Waals surface area (Å²) in [6.45, 7) is 1.78. The molecule has 0 radical (unpaired) electrons. The lowest BCUT2D eigenvalue weighted by molar-refractivity contribution is 0.152. The van der Waals surface area contributed by atoms with Crippen LogP contribution in [0.1, 0.15) is 12.5 Å². The number of phosphoric acid groups is 1. The smallest absolute Gasteiger partial charge is 0.302 e. The van der Waals surface area contributed by atoms with Gasteiger partial charge in [-0.05, 0) is 24.1 Å². The molecule has 1 aromatic rings. The van der Waals surface area contributed by atoms with Crippen LogP contribution in [0.15, 0.2) is 54.1 Å². The highest BCUT2D eigenvalue weighted by Gasteiger charge is 2.20. The first-order chi connectivity index (χ1) is 9.53. The maximum absolute atomic E-state index is 11.7. The summed E-state index contributed by atoms with van der Waals surface area (Å²) in [5.41, 5.74) is 1.56. The van der Waals surface area contributed by atoms with Crippen molar-refractivity contribution < 1.29 is 18.5 Å². The first-order valence-corrected chi connectivity index (χ1v) is 7.47. The minimum absolute atomic E-state index is 0.00250. The van der Waals surface area contributed by atoms with Crippen molar-refractivity contribution in [2.45, 2.75) is 13.5 Å². The van der Waals surface area contributed by atoms with Gasteiger partial charge in [-0.25, -0.2) is 4.57 Å². The molecule has 1 atom stereocenters. The summed E-state index contributed by atoms with van der Waals surface area (Å²) in [5, 5.41) is 0. The Morgan fingerprint density at radius 2 is 2.10 bits per heavy atom. The molecule has 4 nitrogen and oxygen atoms in total. The van der Waals surface area contributed by atoms with E-state index < -0.39 is 7.82 Å². The molecule has 0 amide bonds. The Morgan fingerprint density at radius 3 is 2.75 bits per heavy atom. The van der Waals surface area contributed by atoms with E-state index in [4.69, 9.17) is 15.5 Å². The number of phosphoric ester groups is 1. The van der Waals surface area contributed by atoms with Gasteiger partial charge in [-0.3, -0.25) is 9.05 Å². The standard InChI is InChI=1S/C15H17O4P/c1-3-4-6-9-14(2)12-18-20(16,17)19-13-15-10-7-5-8-11-15/h1,4-11H,12-13H2,2H3,(H,16,17)/b6-4-,14-9+. The van der Waals surface area contributed by atoms with E-state index in [2.05, 4.69) is 5.92 Å². The van der Waals surface area contributed by atoms with E-state index in [1.54, 1.807) is 31.2 Å². The molecule has 5 heteroatoms. The lowest BCUT2D eigenvalue weighted by Crippen LogP contribution is -1.98. The van der Waals surface area contributed by atoms with Gasteiger partial charge in [0.25, 0.3) is 0 Å². The number of allylic oxidation sites excluding steroid dienone is 3. The number of hydrogen-bond acceptors (Lipinski definition) is 3. The normalized spacial score (nSPS) is 14.9. The molecule has 0 fully saturated rings. The lowest BCUT2D eigenvalue weighted by Gasteiger charge is -2.12. The van der Waals surface area contributed by atoms with Crippen LogP contribution in [0.2, 0.25) is 0 Å². The number of benzene rings is 1. The van der Waals surface area contributed by atoms with Crippen LogP contribution in [-0.4, -0.2) is 11.5 Å². The summed E-state index contributed by atoms with van der Waals surface area (Å²) in [4.78, 5) is 9.53. The molecule has 1 aromatic carbocycles. The molecular weight excluding hydrogens is 275 g/mol. The average molecular weight is 292 g/mol. The Balaban J connectivity index is 2.42. The summed E-state index contributed by atoms with van der Waals surface area (Å²) in [7, 11) is -4.06. The van der Waals surface area contributed by atoms with Gasteiger partial charge in [0.15, 0.2) is 0 Å². The maximum Gasteiger partial charge on any atom is 0.472 e. The van der Waals surface area contributed by atoms with Gasteiger partial charge in [-0.1, -0.05) is 48.4 Å². The van der Waals surface area contributed by atoms with Crippen LogP contribution in [0, 0.1) is 12.3 Å². The van der Waals surface area contributed by atoms with Gasteiger partial charge in [0.2, 0.25) is 0 Å². The monoisotopic (exact) mass is 292 g/mol. The number of hydrogen-bond donors (Lipinski definition) is 1. The molecule has 20 heavy (non-hydrogen) atoms. The van der Waals surface area contributed by atoms with E-state index >= 15 is 0 Å². The largest absolute Gasteiger partial charge is 0.472 e. The molecule has 0 bridgehead atoms. The van der Waals surface area contributed by atoms with Crippen LogP contribution in [-0.2, 0) is 20.2 Å². The third kappa shape index (κ3) is 7.08. The molecule has 0 heterocycles. The number of terminal acetylenes is 1. The van der Waals surface area contributed by atoms with Crippen LogP contribution in [0.4, 0.5) is 0 Å². The van der Waals surface area contributed by atoms with Gasteiger partial charge in [0, 0.05) is 0 Å². The van der Waals surface area contributed by atoms with Gasteiger partial charge in [-0.15, -0.1) is 6.42 Å². The van der Waals surface area contributed by atoms with Gasteiger partial charge in [-0.2, -0.15) is 0 Å². The maximum atomic E-state index is 11.7. The summed E-state index contributed by atoms with van der Waals surface area (Å²) < 4.78 is 21.4. The second-order valence-electron chi connectivity index (χ2n) is 4.04. The van der Waals surface area contributed by atoms with Gasteiger partial charge < -0.3 is 4.89 Å². The number of rotatable bonds is 7. The second-order valence-corrected chi connectivity index (χ2v) is 5.49. The van der Waals surface area contributed by atoms with Crippen LogP contribution < -0.4 is 0 Å². The van der Waals surface area contributed by atoms with Crippen molar-refractivity contribution in [1.29, 1.82) is 0 Å². The molecule has 0 aromatic heterocycles. The minimum atomic E-state index is -4.06. The molecule has 0 spiro atoms. The molecule has 1 N–H and O–H groups in total. The zero-order valence-corrected chi connectivity index (χ0v) is 12.1. The van der Waals surface area contributed by atoms with Gasteiger partial charge in [0.1, 0.15) is 0 Å². The molecule has 0 saturated carbocycles. The Bertz CT molecular complexity index is 555.